The molecule has 0 N–H and O–H groups in total. The Morgan fingerprint density at radius 2 is 1.58 bits per heavy atom. The zero-order chi connectivity index (χ0) is 20.0. The third-order valence-corrected chi connectivity index (χ3v) is 4.93. The predicted molar refractivity (Wildman–Crippen MR) is 95.4 cm³/mol. The highest BCUT2D eigenvalue weighted by Crippen LogP contribution is 2.37. The highest BCUT2D eigenvalue weighted by atomic mass is 32.2. The Balaban J connectivity index is 3.10. The van der Waals surface area contributed by atoms with Gasteiger partial charge in [-0.25, -0.2) is 8.42 Å². The summed E-state index contributed by atoms with van der Waals surface area (Å²) in [6.07, 6.45) is -2.55. The van der Waals surface area contributed by atoms with Crippen LogP contribution in [-0.4, -0.2) is 45.1 Å². The molecule has 0 heterocycles. The van der Waals surface area contributed by atoms with Gasteiger partial charge in [-0.2, -0.15) is 13.2 Å². The minimum absolute atomic E-state index is 0.181. The number of amides is 1. The number of benzene rings is 1. The fourth-order valence-corrected chi connectivity index (χ4v) is 3.59. The summed E-state index contributed by atoms with van der Waals surface area (Å²) in [4.78, 5) is 14.0. The minimum atomic E-state index is -4.69. The summed E-state index contributed by atoms with van der Waals surface area (Å²) in [7, 11) is -3.98. The van der Waals surface area contributed by atoms with Crippen molar-refractivity contribution in [2.45, 2.75) is 39.3 Å². The normalized spacial score (nSPS) is 12.1. The second kappa shape index (κ2) is 9.25. The van der Waals surface area contributed by atoms with Crippen molar-refractivity contribution in [1.29, 1.82) is 0 Å². The highest BCUT2D eigenvalue weighted by molar-refractivity contribution is 7.92. The molecule has 0 bridgehead atoms. The van der Waals surface area contributed by atoms with Crippen LogP contribution < -0.4 is 4.31 Å². The van der Waals surface area contributed by atoms with Crippen LogP contribution in [0.3, 0.4) is 0 Å². The van der Waals surface area contributed by atoms with Crippen LogP contribution in [0.1, 0.15) is 38.7 Å². The summed E-state index contributed by atoms with van der Waals surface area (Å²) in [5, 5.41) is 0. The van der Waals surface area contributed by atoms with Gasteiger partial charge in [0.25, 0.3) is 0 Å². The molecule has 0 atom stereocenters. The molecule has 1 aromatic carbocycles. The average Bonchev–Trinajstić information content (AvgIpc) is 2.53. The van der Waals surface area contributed by atoms with Gasteiger partial charge in [0.1, 0.15) is 0 Å². The number of hydrogen-bond acceptors (Lipinski definition) is 3. The number of alkyl halides is 3. The predicted octanol–water partition coefficient (Wildman–Crippen LogP) is 3.51. The van der Waals surface area contributed by atoms with Gasteiger partial charge < -0.3 is 4.90 Å². The number of carbonyl (C=O) groups is 1. The Labute approximate surface area is 152 Å². The first-order chi connectivity index (χ1) is 12.0. The standard InChI is InChI=1S/C17H25F3N2O3S/c1-4-11-21(12-5-2)16(23)10-13-22(26(3,24)25)15-9-7-6-8-14(15)17(18,19)20/h6-9H,4-5,10-13H2,1-3H3. The van der Waals surface area contributed by atoms with Crippen molar-refractivity contribution in [3.63, 3.8) is 0 Å². The lowest BCUT2D eigenvalue weighted by Gasteiger charge is -2.27. The molecule has 1 rings (SSSR count). The topological polar surface area (TPSA) is 57.7 Å². The fourth-order valence-electron chi connectivity index (χ4n) is 2.65. The quantitative estimate of drug-likeness (QED) is 0.644. The molecular weight excluding hydrogens is 369 g/mol. The van der Waals surface area contributed by atoms with Gasteiger partial charge in [0.05, 0.1) is 17.5 Å². The van der Waals surface area contributed by atoms with Crippen molar-refractivity contribution < 1.29 is 26.4 Å². The molecule has 1 amide bonds. The van der Waals surface area contributed by atoms with Crippen molar-refractivity contribution in [3.05, 3.63) is 29.8 Å². The van der Waals surface area contributed by atoms with Gasteiger partial charge in [0.2, 0.25) is 15.9 Å². The van der Waals surface area contributed by atoms with E-state index in [-0.39, 0.29) is 18.9 Å². The molecule has 26 heavy (non-hydrogen) atoms. The van der Waals surface area contributed by atoms with Crippen LogP contribution in [0.2, 0.25) is 0 Å². The van der Waals surface area contributed by atoms with Crippen molar-refractivity contribution in [2.24, 2.45) is 0 Å². The largest absolute Gasteiger partial charge is 0.418 e. The van der Waals surface area contributed by atoms with E-state index in [0.29, 0.717) is 17.4 Å². The molecule has 0 aliphatic carbocycles. The molecule has 0 saturated carbocycles. The number of rotatable bonds is 9. The van der Waals surface area contributed by atoms with E-state index in [1.54, 1.807) is 4.90 Å². The summed E-state index contributed by atoms with van der Waals surface area (Å²) >= 11 is 0. The molecule has 5 nitrogen and oxygen atoms in total. The van der Waals surface area contributed by atoms with Gasteiger partial charge in [-0.1, -0.05) is 26.0 Å². The van der Waals surface area contributed by atoms with Gasteiger partial charge in [-0.15, -0.1) is 0 Å². The Bertz CT molecular complexity index is 699. The Hall–Kier alpha value is -1.77. The zero-order valence-corrected chi connectivity index (χ0v) is 16.0. The number of halogens is 3. The maximum Gasteiger partial charge on any atom is 0.418 e. The van der Waals surface area contributed by atoms with E-state index in [1.807, 2.05) is 13.8 Å². The lowest BCUT2D eigenvalue weighted by atomic mass is 10.1. The third-order valence-electron chi connectivity index (χ3n) is 3.75. The molecule has 0 spiro atoms. The number of sulfonamides is 1. The Kier molecular flexibility index (Phi) is 7.92. The molecule has 0 aliphatic rings. The van der Waals surface area contributed by atoms with Gasteiger partial charge in [0.15, 0.2) is 0 Å². The van der Waals surface area contributed by atoms with Gasteiger partial charge >= 0.3 is 6.18 Å². The second-order valence-electron chi connectivity index (χ2n) is 5.98. The van der Waals surface area contributed by atoms with Crippen molar-refractivity contribution in [3.8, 4) is 0 Å². The fraction of sp³-hybridized carbons (Fsp3) is 0.588. The average molecular weight is 394 g/mol. The summed E-state index contributed by atoms with van der Waals surface area (Å²) in [5.74, 6) is -0.271. The van der Waals surface area contributed by atoms with Crippen LogP contribution in [0.5, 0.6) is 0 Å². The van der Waals surface area contributed by atoms with E-state index >= 15 is 0 Å². The molecule has 0 radical (unpaired) electrons. The van der Waals surface area contributed by atoms with E-state index < -0.39 is 27.5 Å². The molecular formula is C17H25F3N2O3S. The first-order valence-corrected chi connectivity index (χ1v) is 10.3. The summed E-state index contributed by atoms with van der Waals surface area (Å²) in [5.41, 5.74) is -1.51. The molecule has 0 saturated heterocycles. The lowest BCUT2D eigenvalue weighted by molar-refractivity contribution is -0.137. The maximum atomic E-state index is 13.2. The van der Waals surface area contributed by atoms with Crippen LogP contribution in [-0.2, 0) is 21.0 Å². The van der Waals surface area contributed by atoms with Gasteiger partial charge in [-0.05, 0) is 25.0 Å². The monoisotopic (exact) mass is 394 g/mol. The Morgan fingerprint density at radius 3 is 2.04 bits per heavy atom. The Morgan fingerprint density at radius 1 is 1.04 bits per heavy atom. The molecule has 1 aromatic rings. The number of nitrogens with zero attached hydrogens (tertiary/aromatic N) is 2. The maximum absolute atomic E-state index is 13.2. The minimum Gasteiger partial charge on any atom is -0.343 e. The summed E-state index contributed by atoms with van der Waals surface area (Å²) in [6, 6.07) is 4.47. The lowest BCUT2D eigenvalue weighted by Crippen LogP contribution is -2.38. The van der Waals surface area contributed by atoms with Crippen molar-refractivity contribution >= 4 is 21.6 Å². The number of anilines is 1. The van der Waals surface area contributed by atoms with Crippen LogP contribution >= 0.6 is 0 Å². The van der Waals surface area contributed by atoms with Crippen LogP contribution in [0.4, 0.5) is 18.9 Å². The van der Waals surface area contributed by atoms with E-state index in [2.05, 4.69) is 0 Å². The molecule has 0 aliphatic heterocycles. The number of para-hydroxylation sites is 1. The smallest absolute Gasteiger partial charge is 0.343 e. The third kappa shape index (κ3) is 6.19. The van der Waals surface area contributed by atoms with Crippen LogP contribution in [0, 0.1) is 0 Å². The van der Waals surface area contributed by atoms with Crippen molar-refractivity contribution in [2.75, 3.05) is 30.2 Å². The van der Waals surface area contributed by atoms with Gasteiger partial charge in [-0.3, -0.25) is 9.10 Å². The molecule has 148 valence electrons. The van der Waals surface area contributed by atoms with Crippen molar-refractivity contribution in [1.82, 2.24) is 4.90 Å². The van der Waals surface area contributed by atoms with Gasteiger partial charge in [0, 0.05) is 26.1 Å². The van der Waals surface area contributed by atoms with E-state index in [1.165, 1.54) is 12.1 Å². The first kappa shape index (κ1) is 22.3. The highest BCUT2D eigenvalue weighted by Gasteiger charge is 2.36. The SMILES string of the molecule is CCCN(CCC)C(=O)CCN(c1ccccc1C(F)(F)F)S(C)(=O)=O. The molecule has 0 fully saturated rings. The summed E-state index contributed by atoms with van der Waals surface area (Å²) in [6.45, 7) is 4.56. The molecule has 9 heteroatoms. The molecule has 0 aromatic heterocycles. The molecule has 0 unspecified atom stereocenters. The first-order valence-electron chi connectivity index (χ1n) is 8.44. The van der Waals surface area contributed by atoms with Crippen LogP contribution in [0.15, 0.2) is 24.3 Å². The van der Waals surface area contributed by atoms with E-state index in [0.717, 1.165) is 31.2 Å². The number of carbonyl (C=O) groups excluding carboxylic acids is 1. The van der Waals surface area contributed by atoms with E-state index in [4.69, 9.17) is 0 Å². The summed E-state index contributed by atoms with van der Waals surface area (Å²) < 4.78 is 64.5. The second-order valence-corrected chi connectivity index (χ2v) is 7.89. The number of hydrogen-bond donors (Lipinski definition) is 0. The van der Waals surface area contributed by atoms with E-state index in [9.17, 15) is 26.4 Å². The van der Waals surface area contributed by atoms with Crippen LogP contribution in [0.25, 0.3) is 0 Å². The zero-order valence-electron chi connectivity index (χ0n) is 15.2.